The van der Waals surface area contributed by atoms with Crippen LogP contribution < -0.4 is 10.2 Å². The van der Waals surface area contributed by atoms with Crippen molar-refractivity contribution in [2.24, 2.45) is 5.92 Å². The van der Waals surface area contributed by atoms with E-state index < -0.39 is 0 Å². The smallest absolute Gasteiger partial charge is 0.123 e. The highest BCUT2D eigenvalue weighted by Gasteiger charge is 2.24. The van der Waals surface area contributed by atoms with Crippen molar-refractivity contribution in [2.45, 2.75) is 19.9 Å². The molecule has 0 spiro atoms. The molecule has 1 N–H and O–H groups in total. The predicted octanol–water partition coefficient (Wildman–Crippen LogP) is 2.41. The Morgan fingerprint density at radius 3 is 3.05 bits per heavy atom. The average molecular weight is 266 g/mol. The molecule has 1 aromatic rings. The molecular weight excluding hydrogens is 243 g/mol. The van der Waals surface area contributed by atoms with Crippen LogP contribution in [0.2, 0.25) is 0 Å². The highest BCUT2D eigenvalue weighted by atomic mass is 19.1. The number of hydrogen-bond donors (Lipinski definition) is 1. The summed E-state index contributed by atoms with van der Waals surface area (Å²) >= 11 is 0. The van der Waals surface area contributed by atoms with Crippen LogP contribution >= 0.6 is 0 Å². The Morgan fingerprint density at radius 1 is 1.47 bits per heavy atom. The number of rotatable bonds is 6. The SMILES string of the molecule is CCNCc1cc(F)ccc1N1CCC(COC)C1. The van der Waals surface area contributed by atoms with Gasteiger partial charge in [0.25, 0.3) is 0 Å². The maximum atomic E-state index is 13.4. The first kappa shape index (κ1) is 14.3. The van der Waals surface area contributed by atoms with Crippen LogP contribution in [0.1, 0.15) is 18.9 Å². The van der Waals surface area contributed by atoms with Crippen LogP contribution in [0.4, 0.5) is 10.1 Å². The van der Waals surface area contributed by atoms with Crippen LogP contribution in [0, 0.1) is 11.7 Å². The Bertz CT molecular complexity index is 411. The van der Waals surface area contributed by atoms with E-state index in [1.807, 2.05) is 6.07 Å². The maximum absolute atomic E-state index is 13.4. The van der Waals surface area contributed by atoms with E-state index in [1.54, 1.807) is 19.2 Å². The van der Waals surface area contributed by atoms with Gasteiger partial charge in [0.05, 0.1) is 6.61 Å². The van der Waals surface area contributed by atoms with Gasteiger partial charge < -0.3 is 15.0 Å². The standard InChI is InChI=1S/C15H23FN2O/c1-3-17-9-13-8-14(16)4-5-15(13)18-7-6-12(10-18)11-19-2/h4-5,8,12,17H,3,6-7,9-11H2,1-2H3. The fraction of sp³-hybridized carbons (Fsp3) is 0.600. The van der Waals surface area contributed by atoms with E-state index in [0.717, 1.165) is 50.5 Å². The van der Waals surface area contributed by atoms with Gasteiger partial charge in [-0.05, 0) is 36.7 Å². The van der Waals surface area contributed by atoms with Gasteiger partial charge in [-0.25, -0.2) is 4.39 Å². The largest absolute Gasteiger partial charge is 0.384 e. The Balaban J connectivity index is 2.10. The summed E-state index contributed by atoms with van der Waals surface area (Å²) in [6, 6.07) is 5.09. The number of anilines is 1. The topological polar surface area (TPSA) is 24.5 Å². The first-order chi connectivity index (χ1) is 9.24. The van der Waals surface area contributed by atoms with Crippen molar-refractivity contribution >= 4 is 5.69 Å². The van der Waals surface area contributed by atoms with Gasteiger partial charge in [-0.1, -0.05) is 6.92 Å². The number of halogens is 1. The van der Waals surface area contributed by atoms with Crippen molar-refractivity contribution in [2.75, 3.05) is 38.3 Å². The second kappa shape index (κ2) is 6.87. The second-order valence-corrected chi connectivity index (χ2v) is 5.11. The quantitative estimate of drug-likeness (QED) is 0.855. The van der Waals surface area contributed by atoms with E-state index in [-0.39, 0.29) is 5.82 Å². The summed E-state index contributed by atoms with van der Waals surface area (Å²) in [4.78, 5) is 2.34. The lowest BCUT2D eigenvalue weighted by atomic mass is 10.1. The molecule has 0 radical (unpaired) electrons. The fourth-order valence-electron chi connectivity index (χ4n) is 2.69. The first-order valence-electron chi connectivity index (χ1n) is 6.97. The Morgan fingerprint density at radius 2 is 2.32 bits per heavy atom. The van der Waals surface area contributed by atoms with E-state index in [4.69, 9.17) is 4.74 Å². The maximum Gasteiger partial charge on any atom is 0.123 e. The van der Waals surface area contributed by atoms with Crippen molar-refractivity contribution in [3.63, 3.8) is 0 Å². The van der Waals surface area contributed by atoms with E-state index in [2.05, 4.69) is 17.1 Å². The first-order valence-corrected chi connectivity index (χ1v) is 6.97. The minimum Gasteiger partial charge on any atom is -0.384 e. The molecule has 2 rings (SSSR count). The van der Waals surface area contributed by atoms with Gasteiger partial charge in [0.1, 0.15) is 5.82 Å². The lowest BCUT2D eigenvalue weighted by molar-refractivity contribution is 0.161. The molecule has 1 aliphatic heterocycles. The molecule has 0 aliphatic carbocycles. The lowest BCUT2D eigenvalue weighted by Crippen LogP contribution is -2.24. The average Bonchev–Trinajstić information content (AvgIpc) is 2.85. The third-order valence-electron chi connectivity index (χ3n) is 3.64. The number of hydrogen-bond acceptors (Lipinski definition) is 3. The van der Waals surface area contributed by atoms with Gasteiger partial charge in [-0.15, -0.1) is 0 Å². The molecule has 1 aliphatic rings. The Hall–Kier alpha value is -1.13. The lowest BCUT2D eigenvalue weighted by Gasteiger charge is -2.22. The van der Waals surface area contributed by atoms with Gasteiger partial charge in [-0.3, -0.25) is 0 Å². The van der Waals surface area contributed by atoms with Crippen LogP contribution in [0.15, 0.2) is 18.2 Å². The van der Waals surface area contributed by atoms with Gasteiger partial charge in [0.15, 0.2) is 0 Å². The van der Waals surface area contributed by atoms with Crippen molar-refractivity contribution in [3.05, 3.63) is 29.6 Å². The number of benzene rings is 1. The van der Waals surface area contributed by atoms with Crippen molar-refractivity contribution in [3.8, 4) is 0 Å². The molecule has 3 nitrogen and oxygen atoms in total. The normalized spacial score (nSPS) is 19.1. The van der Waals surface area contributed by atoms with Gasteiger partial charge in [0.2, 0.25) is 0 Å². The molecule has 1 unspecified atom stereocenters. The molecule has 0 amide bonds. The van der Waals surface area contributed by atoms with Crippen LogP contribution in [0.3, 0.4) is 0 Å². The zero-order valence-electron chi connectivity index (χ0n) is 11.8. The fourth-order valence-corrected chi connectivity index (χ4v) is 2.69. The molecule has 4 heteroatoms. The van der Waals surface area contributed by atoms with Crippen molar-refractivity contribution in [1.29, 1.82) is 0 Å². The monoisotopic (exact) mass is 266 g/mol. The van der Waals surface area contributed by atoms with E-state index in [1.165, 1.54) is 0 Å². The van der Waals surface area contributed by atoms with Crippen LogP contribution in [-0.2, 0) is 11.3 Å². The summed E-state index contributed by atoms with van der Waals surface area (Å²) in [6.45, 7) is 6.50. The third kappa shape index (κ3) is 3.67. The Kier molecular flexibility index (Phi) is 5.16. The zero-order chi connectivity index (χ0) is 13.7. The minimum absolute atomic E-state index is 0.163. The highest BCUT2D eigenvalue weighted by Crippen LogP contribution is 2.28. The summed E-state index contributed by atoms with van der Waals surface area (Å²) in [5, 5.41) is 3.27. The summed E-state index contributed by atoms with van der Waals surface area (Å²) in [6.07, 6.45) is 1.14. The molecule has 0 aromatic heterocycles. The van der Waals surface area contributed by atoms with Gasteiger partial charge in [-0.2, -0.15) is 0 Å². The summed E-state index contributed by atoms with van der Waals surface area (Å²) in [7, 11) is 1.75. The van der Waals surface area contributed by atoms with Crippen LogP contribution in [0.5, 0.6) is 0 Å². The number of methoxy groups -OCH3 is 1. The number of ether oxygens (including phenoxy) is 1. The highest BCUT2D eigenvalue weighted by molar-refractivity contribution is 5.54. The van der Waals surface area contributed by atoms with E-state index >= 15 is 0 Å². The zero-order valence-corrected chi connectivity index (χ0v) is 11.8. The number of nitrogens with zero attached hydrogens (tertiary/aromatic N) is 1. The molecule has 106 valence electrons. The molecule has 1 fully saturated rings. The summed E-state index contributed by atoms with van der Waals surface area (Å²) < 4.78 is 18.6. The van der Waals surface area contributed by atoms with Crippen LogP contribution in [0.25, 0.3) is 0 Å². The molecule has 1 aromatic carbocycles. The molecule has 19 heavy (non-hydrogen) atoms. The molecule has 1 heterocycles. The Labute approximate surface area is 114 Å². The van der Waals surface area contributed by atoms with E-state index in [0.29, 0.717) is 5.92 Å². The summed E-state index contributed by atoms with van der Waals surface area (Å²) in [5.74, 6) is 0.423. The van der Waals surface area contributed by atoms with E-state index in [9.17, 15) is 4.39 Å². The summed E-state index contributed by atoms with van der Waals surface area (Å²) in [5.41, 5.74) is 2.20. The predicted molar refractivity (Wildman–Crippen MR) is 76.0 cm³/mol. The molecular formula is C15H23FN2O. The molecule has 1 saturated heterocycles. The van der Waals surface area contributed by atoms with Gasteiger partial charge in [0, 0.05) is 38.3 Å². The minimum atomic E-state index is -0.163. The van der Waals surface area contributed by atoms with Crippen LogP contribution in [-0.4, -0.2) is 33.4 Å². The number of nitrogens with one attached hydrogen (secondary N) is 1. The third-order valence-corrected chi connectivity index (χ3v) is 3.64. The molecule has 0 saturated carbocycles. The van der Waals surface area contributed by atoms with Gasteiger partial charge >= 0.3 is 0 Å². The second-order valence-electron chi connectivity index (χ2n) is 5.11. The molecule has 1 atom stereocenters. The van der Waals surface area contributed by atoms with Crippen molar-refractivity contribution < 1.29 is 9.13 Å². The molecule has 0 bridgehead atoms. The van der Waals surface area contributed by atoms with Crippen molar-refractivity contribution in [1.82, 2.24) is 5.32 Å².